The van der Waals surface area contributed by atoms with Crippen LogP contribution in [-0.4, -0.2) is 85.0 Å². The average Bonchev–Trinajstić information content (AvgIpc) is 3.31. The molecule has 1 aromatic heterocycles. The number of aldehydes is 1. The van der Waals surface area contributed by atoms with E-state index in [2.05, 4.69) is 30.7 Å². The summed E-state index contributed by atoms with van der Waals surface area (Å²) in [5, 5.41) is 3.92. The molecule has 0 unspecified atom stereocenters. The van der Waals surface area contributed by atoms with Crippen LogP contribution in [0.5, 0.6) is 34.5 Å². The summed E-state index contributed by atoms with van der Waals surface area (Å²) in [5.74, 6) is 3.62. The highest BCUT2D eigenvalue weighted by molar-refractivity contribution is 6.04. The van der Waals surface area contributed by atoms with Gasteiger partial charge >= 0.3 is 12.2 Å². The van der Waals surface area contributed by atoms with E-state index >= 15 is 0 Å². The number of benzene rings is 4. The molecule has 338 valence electrons. The summed E-state index contributed by atoms with van der Waals surface area (Å²) >= 11 is 0. The number of nitrogens with zero attached hydrogens (tertiary/aromatic N) is 4. The summed E-state index contributed by atoms with van der Waals surface area (Å²) in [6.07, 6.45) is 2.25. The van der Waals surface area contributed by atoms with E-state index in [9.17, 15) is 18.0 Å². The number of alkyl halides is 3. The van der Waals surface area contributed by atoms with Gasteiger partial charge in [-0.3, -0.25) is 19.6 Å². The van der Waals surface area contributed by atoms with E-state index in [1.165, 1.54) is 23.5 Å². The molecule has 0 bridgehead atoms. The number of ether oxygens (including phenoxy) is 5. The smallest absolute Gasteiger partial charge is 0.418 e. The Kier molecular flexibility index (Phi) is 18.9. The number of methoxy groups -OCH3 is 4. The first-order chi connectivity index (χ1) is 30.4. The maximum Gasteiger partial charge on any atom is 0.418 e. The van der Waals surface area contributed by atoms with Crippen molar-refractivity contribution in [2.75, 3.05) is 76.4 Å². The number of hydrogen-bond acceptors (Lipinski definition) is 10. The molecule has 0 atom stereocenters. The molecule has 0 saturated carbocycles. The Morgan fingerprint density at radius 1 is 0.762 bits per heavy atom. The lowest BCUT2D eigenvalue weighted by Crippen LogP contribution is -2.49. The fourth-order valence-corrected chi connectivity index (χ4v) is 6.97. The Bertz CT molecular complexity index is 2220. The number of nitrogens with one attached hydrogen (secondary N) is 1. The molecule has 15 heteroatoms. The fourth-order valence-electron chi connectivity index (χ4n) is 6.97. The molecule has 12 nitrogen and oxygen atoms in total. The van der Waals surface area contributed by atoms with Crippen LogP contribution in [0.4, 0.5) is 35.0 Å². The van der Waals surface area contributed by atoms with E-state index in [1.807, 2.05) is 31.3 Å². The number of aromatic nitrogens is 1. The van der Waals surface area contributed by atoms with Crippen LogP contribution >= 0.6 is 0 Å². The summed E-state index contributed by atoms with van der Waals surface area (Å²) in [7, 11) is 8.22. The van der Waals surface area contributed by atoms with Gasteiger partial charge in [0.1, 0.15) is 17.8 Å². The second-order valence-electron chi connectivity index (χ2n) is 14.3. The van der Waals surface area contributed by atoms with Crippen molar-refractivity contribution in [1.82, 2.24) is 10.3 Å². The molecular weight excluding hydrogens is 816 g/mol. The van der Waals surface area contributed by atoms with Gasteiger partial charge in [-0.15, -0.1) is 0 Å². The minimum atomic E-state index is -4.57. The molecule has 7 rings (SSSR count). The number of hydrogen-bond donors (Lipinski definition) is 1. The van der Waals surface area contributed by atoms with Crippen LogP contribution in [0.2, 0.25) is 0 Å². The van der Waals surface area contributed by atoms with Gasteiger partial charge in [0.25, 0.3) is 0 Å². The number of pyridine rings is 1. The van der Waals surface area contributed by atoms with Crippen LogP contribution in [0.25, 0.3) is 10.9 Å². The lowest BCUT2D eigenvalue weighted by Gasteiger charge is -2.37. The van der Waals surface area contributed by atoms with Gasteiger partial charge in [-0.25, -0.2) is 4.79 Å². The van der Waals surface area contributed by atoms with Crippen LogP contribution < -0.4 is 43.7 Å². The number of halogens is 3. The molecule has 2 aliphatic heterocycles. The first-order valence-corrected chi connectivity index (χ1v) is 20.7. The molecule has 0 radical (unpaired) electrons. The van der Waals surface area contributed by atoms with Gasteiger partial charge < -0.3 is 33.9 Å². The van der Waals surface area contributed by atoms with Gasteiger partial charge in [0.2, 0.25) is 0 Å². The predicted molar refractivity (Wildman–Crippen MR) is 244 cm³/mol. The minimum absolute atomic E-state index is 0.150. The molecule has 3 heterocycles. The van der Waals surface area contributed by atoms with Crippen molar-refractivity contribution >= 4 is 40.3 Å². The van der Waals surface area contributed by atoms with Crippen molar-refractivity contribution in [3.8, 4) is 34.5 Å². The number of allylic oxidation sites excluding steroid dienone is 1. The van der Waals surface area contributed by atoms with Gasteiger partial charge in [0.15, 0.2) is 23.0 Å². The number of fused-ring (bicyclic) bond motifs is 1. The van der Waals surface area contributed by atoms with Crippen molar-refractivity contribution < 1.29 is 46.4 Å². The number of urea groups is 1. The lowest BCUT2D eigenvalue weighted by atomic mass is 10.0. The molecule has 5 aromatic rings. The van der Waals surface area contributed by atoms with E-state index < -0.39 is 17.8 Å². The summed E-state index contributed by atoms with van der Waals surface area (Å²) < 4.78 is 70.2. The molecule has 2 amide bonds. The molecule has 0 spiro atoms. The summed E-state index contributed by atoms with van der Waals surface area (Å²) in [4.78, 5) is 32.0. The average molecular weight is 874 g/mol. The second kappa shape index (κ2) is 24.2. The molecule has 1 N–H and O–H groups in total. The Balaban J connectivity index is 0.000000432. The van der Waals surface area contributed by atoms with Gasteiger partial charge in [-0.1, -0.05) is 45.0 Å². The Morgan fingerprint density at radius 2 is 1.33 bits per heavy atom. The summed E-state index contributed by atoms with van der Waals surface area (Å²) in [5.41, 5.74) is 0.865. The highest BCUT2D eigenvalue weighted by Crippen LogP contribution is 2.41. The summed E-state index contributed by atoms with van der Waals surface area (Å²) in [6, 6.07) is 24.0. The van der Waals surface area contributed by atoms with E-state index in [0.29, 0.717) is 84.5 Å². The number of piperidine rings is 1. The largest absolute Gasteiger partial charge is 0.493 e. The zero-order valence-corrected chi connectivity index (χ0v) is 37.0. The quantitative estimate of drug-likeness (QED) is 0.102. The third-order valence-electron chi connectivity index (χ3n) is 10.0. The minimum Gasteiger partial charge on any atom is -0.493 e. The zero-order valence-electron chi connectivity index (χ0n) is 37.0. The predicted octanol–water partition coefficient (Wildman–Crippen LogP) is 10.6. The van der Waals surface area contributed by atoms with Crippen molar-refractivity contribution in [2.45, 2.75) is 51.7 Å². The van der Waals surface area contributed by atoms with Crippen LogP contribution in [0.15, 0.2) is 104 Å². The van der Waals surface area contributed by atoms with E-state index in [0.717, 1.165) is 30.4 Å². The molecule has 0 aliphatic carbocycles. The maximum absolute atomic E-state index is 14.3. The number of anilines is 3. The third-order valence-corrected chi connectivity index (χ3v) is 10.0. The van der Waals surface area contributed by atoms with Gasteiger partial charge in [0, 0.05) is 73.0 Å². The Hall–Kier alpha value is -6.48. The van der Waals surface area contributed by atoms with Gasteiger partial charge in [-0.05, 0) is 87.0 Å². The second-order valence-corrected chi connectivity index (χ2v) is 14.3. The van der Waals surface area contributed by atoms with E-state index in [1.54, 1.807) is 93.0 Å². The van der Waals surface area contributed by atoms with Crippen molar-refractivity contribution in [3.63, 3.8) is 0 Å². The van der Waals surface area contributed by atoms with Crippen LogP contribution in [0.3, 0.4) is 0 Å². The SMILES string of the molecule is C=CC=O.CCC.CNC1CCN(c2ccc(N3CCCN(c4cccc(Oc5ccnc6cc(OC)c(OC)cc56)c4)C3=O)cc2C(F)(F)F)CC1.COc1ccccc1OC. The van der Waals surface area contributed by atoms with Crippen LogP contribution in [0.1, 0.15) is 45.1 Å². The number of para-hydroxylation sites is 2. The standard InChI is InChI=1S/C34H36F3N5O4.C8H10O2.C3H4O.C3H8/c1-38-22-11-16-40(17-12-22)29-9-8-24(19-27(29)34(35,36)37)42-15-5-14-41(33(42)43)23-6-4-7-25(18-23)46-30-10-13-39-28-21-32(45-3)31(44-2)20-26(28)30;1-9-7-5-3-4-6-8(7)10-2;1-2-3-4;1-3-2/h4,6-10,13,18-22,38H,5,11-12,14-17H2,1-3H3;3-6H,1-2H3;2-3H,1H2;3H2,1-2H3. The van der Waals surface area contributed by atoms with E-state index in [4.69, 9.17) is 28.5 Å². The van der Waals surface area contributed by atoms with Crippen LogP contribution in [0, 0.1) is 0 Å². The molecule has 4 aromatic carbocycles. The zero-order chi connectivity index (χ0) is 45.9. The van der Waals surface area contributed by atoms with Gasteiger partial charge in [-0.2, -0.15) is 13.2 Å². The fraction of sp³-hybridized carbons (Fsp3) is 0.354. The number of carbonyl (C=O) groups is 2. The van der Waals surface area contributed by atoms with Crippen molar-refractivity contribution in [2.24, 2.45) is 0 Å². The first kappa shape index (κ1) is 49.2. The van der Waals surface area contributed by atoms with Crippen molar-refractivity contribution in [1.29, 1.82) is 0 Å². The topological polar surface area (TPSA) is 115 Å². The van der Waals surface area contributed by atoms with E-state index in [-0.39, 0.29) is 11.4 Å². The molecule has 2 fully saturated rings. The Morgan fingerprint density at radius 3 is 1.87 bits per heavy atom. The third kappa shape index (κ3) is 13.0. The number of amides is 2. The number of rotatable bonds is 11. The molecule has 2 aliphatic rings. The lowest BCUT2D eigenvalue weighted by molar-refractivity contribution is -0.137. The maximum atomic E-state index is 14.3. The highest BCUT2D eigenvalue weighted by Gasteiger charge is 2.37. The Labute approximate surface area is 368 Å². The van der Waals surface area contributed by atoms with Gasteiger partial charge in [0.05, 0.1) is 39.5 Å². The molecule has 2 saturated heterocycles. The summed E-state index contributed by atoms with van der Waals surface area (Å²) in [6.45, 7) is 9.14. The molecule has 63 heavy (non-hydrogen) atoms. The normalized spacial score (nSPS) is 13.9. The first-order valence-electron chi connectivity index (χ1n) is 20.7. The molecular formula is C48H58F3N5O7. The number of carbonyl (C=O) groups excluding carboxylic acids is 2. The van der Waals surface area contributed by atoms with Crippen molar-refractivity contribution in [3.05, 3.63) is 109 Å². The monoisotopic (exact) mass is 873 g/mol. The van der Waals surface area contributed by atoms with Crippen LogP contribution in [-0.2, 0) is 11.0 Å². The highest BCUT2D eigenvalue weighted by atomic mass is 19.4.